The second-order valence-electron chi connectivity index (χ2n) is 3.03. The van der Waals surface area contributed by atoms with Crippen LogP contribution in [0.3, 0.4) is 0 Å². The molecule has 15 heavy (non-hydrogen) atoms. The van der Waals surface area contributed by atoms with Gasteiger partial charge in [0.15, 0.2) is 0 Å². The fourth-order valence-corrected chi connectivity index (χ4v) is 1.83. The Labute approximate surface area is 93.7 Å². The Morgan fingerprint density at radius 3 is 2.87 bits per heavy atom. The van der Waals surface area contributed by atoms with E-state index < -0.39 is 9.05 Å². The van der Waals surface area contributed by atoms with Gasteiger partial charge in [0.2, 0.25) is 9.05 Å². The number of ether oxygens (including phenoxy) is 1. The number of hydrogen-bond donors (Lipinski definition) is 0. The van der Waals surface area contributed by atoms with Crippen LogP contribution in [0.15, 0.2) is 18.3 Å². The zero-order chi connectivity index (χ0) is 11.3. The minimum Gasteiger partial charge on any atom is -0.492 e. The molecule has 0 unspecified atom stereocenters. The highest BCUT2D eigenvalue weighted by Crippen LogP contribution is 2.13. The molecule has 0 radical (unpaired) electrons. The molecule has 0 atom stereocenters. The molecule has 0 saturated heterocycles. The lowest BCUT2D eigenvalue weighted by Gasteiger charge is -2.06. The lowest BCUT2D eigenvalue weighted by atomic mass is 10.3. The van der Waals surface area contributed by atoms with Gasteiger partial charge in [-0.3, -0.25) is 4.98 Å². The van der Waals surface area contributed by atoms with Gasteiger partial charge in [-0.15, -0.1) is 0 Å². The molecule has 0 spiro atoms. The van der Waals surface area contributed by atoms with Gasteiger partial charge in [0.05, 0.1) is 18.1 Å². The summed E-state index contributed by atoms with van der Waals surface area (Å²) in [4.78, 5) is 4.04. The van der Waals surface area contributed by atoms with Crippen molar-refractivity contribution in [2.75, 3.05) is 12.4 Å². The first-order valence-electron chi connectivity index (χ1n) is 4.46. The van der Waals surface area contributed by atoms with Crippen LogP contribution in [-0.4, -0.2) is 25.8 Å². The molecule has 1 aromatic heterocycles. The second kappa shape index (κ2) is 5.32. The molecule has 1 rings (SSSR count). The molecule has 84 valence electrons. The van der Waals surface area contributed by atoms with Crippen molar-refractivity contribution in [1.29, 1.82) is 0 Å². The Kier molecular flexibility index (Phi) is 4.35. The second-order valence-corrected chi connectivity index (χ2v) is 5.93. The monoisotopic (exact) mass is 249 g/mol. The third-order valence-electron chi connectivity index (χ3n) is 1.75. The minimum atomic E-state index is -3.41. The van der Waals surface area contributed by atoms with Crippen LogP contribution in [0, 0.1) is 6.92 Å². The zero-order valence-corrected chi connectivity index (χ0v) is 9.88. The number of aromatic nitrogens is 1. The summed E-state index contributed by atoms with van der Waals surface area (Å²) < 4.78 is 26.6. The minimum absolute atomic E-state index is 0.0755. The van der Waals surface area contributed by atoms with Gasteiger partial charge < -0.3 is 4.74 Å². The molecular weight excluding hydrogens is 238 g/mol. The van der Waals surface area contributed by atoms with E-state index in [1.165, 1.54) is 0 Å². The van der Waals surface area contributed by atoms with E-state index in [0.29, 0.717) is 18.8 Å². The van der Waals surface area contributed by atoms with Gasteiger partial charge >= 0.3 is 0 Å². The van der Waals surface area contributed by atoms with Gasteiger partial charge in [-0.05, 0) is 25.5 Å². The third kappa shape index (κ3) is 4.99. The quantitative estimate of drug-likeness (QED) is 0.589. The maximum atomic E-state index is 10.6. The summed E-state index contributed by atoms with van der Waals surface area (Å²) in [6.07, 6.45) is 2.05. The summed E-state index contributed by atoms with van der Waals surface area (Å²) in [5.74, 6) is 0.595. The van der Waals surface area contributed by atoms with Gasteiger partial charge in [-0.25, -0.2) is 8.42 Å². The van der Waals surface area contributed by atoms with Gasteiger partial charge in [-0.1, -0.05) is 0 Å². The van der Waals surface area contributed by atoms with E-state index in [1.807, 2.05) is 6.92 Å². The Bertz CT molecular complexity index is 419. The predicted molar refractivity (Wildman–Crippen MR) is 58.7 cm³/mol. The first-order chi connectivity index (χ1) is 6.99. The fourth-order valence-electron chi connectivity index (χ4n) is 1.04. The fraction of sp³-hybridized carbons (Fsp3) is 0.444. The molecule has 4 nitrogen and oxygen atoms in total. The van der Waals surface area contributed by atoms with Gasteiger partial charge in [0, 0.05) is 16.9 Å². The number of hydrogen-bond acceptors (Lipinski definition) is 4. The highest BCUT2D eigenvalue weighted by atomic mass is 35.7. The van der Waals surface area contributed by atoms with E-state index >= 15 is 0 Å². The van der Waals surface area contributed by atoms with Crippen molar-refractivity contribution in [3.05, 3.63) is 24.0 Å². The molecule has 0 aromatic carbocycles. The van der Waals surface area contributed by atoms with Crippen molar-refractivity contribution in [2.24, 2.45) is 0 Å². The lowest BCUT2D eigenvalue weighted by Crippen LogP contribution is -2.05. The Hall–Kier alpha value is -0.810. The molecule has 0 saturated carbocycles. The number of halogens is 1. The van der Waals surface area contributed by atoms with Crippen LogP contribution in [0.5, 0.6) is 5.75 Å². The van der Waals surface area contributed by atoms with E-state index in [1.54, 1.807) is 18.3 Å². The van der Waals surface area contributed by atoms with Crippen molar-refractivity contribution in [2.45, 2.75) is 13.3 Å². The van der Waals surface area contributed by atoms with E-state index in [-0.39, 0.29) is 5.75 Å². The first-order valence-corrected chi connectivity index (χ1v) is 6.93. The van der Waals surface area contributed by atoms with Gasteiger partial charge in [-0.2, -0.15) is 0 Å². The Morgan fingerprint density at radius 1 is 1.53 bits per heavy atom. The molecule has 1 aromatic rings. The first kappa shape index (κ1) is 12.3. The molecule has 0 aliphatic carbocycles. The van der Waals surface area contributed by atoms with Crippen molar-refractivity contribution in [3.8, 4) is 5.75 Å². The molecule has 0 amide bonds. The molecule has 0 bridgehead atoms. The van der Waals surface area contributed by atoms with E-state index in [4.69, 9.17) is 15.4 Å². The van der Waals surface area contributed by atoms with Crippen LogP contribution < -0.4 is 4.74 Å². The van der Waals surface area contributed by atoms with Gasteiger partial charge in [0.1, 0.15) is 5.75 Å². The topological polar surface area (TPSA) is 56.3 Å². The SMILES string of the molecule is Cc1ncccc1OCCCS(=O)(=O)Cl. The summed E-state index contributed by atoms with van der Waals surface area (Å²) in [6, 6.07) is 3.55. The average molecular weight is 250 g/mol. The normalized spacial score (nSPS) is 11.3. The standard InChI is InChI=1S/C9H12ClNO3S/c1-8-9(4-2-5-11-8)14-6-3-7-15(10,12)13/h2,4-5H,3,6-7H2,1H3. The Balaban J connectivity index is 2.36. The summed E-state index contributed by atoms with van der Waals surface area (Å²) in [7, 11) is 1.64. The molecule has 1 heterocycles. The summed E-state index contributed by atoms with van der Waals surface area (Å²) in [6.45, 7) is 2.14. The molecule has 0 N–H and O–H groups in total. The van der Waals surface area contributed by atoms with Crippen LogP contribution in [0.1, 0.15) is 12.1 Å². The largest absolute Gasteiger partial charge is 0.492 e. The van der Waals surface area contributed by atoms with Crippen LogP contribution >= 0.6 is 10.7 Å². The van der Waals surface area contributed by atoms with Crippen molar-refractivity contribution in [1.82, 2.24) is 4.98 Å². The van der Waals surface area contributed by atoms with E-state index in [0.717, 1.165) is 5.69 Å². The molecular formula is C9H12ClNO3S. The van der Waals surface area contributed by atoms with Crippen LogP contribution in [0.2, 0.25) is 0 Å². The molecule has 0 aliphatic rings. The Morgan fingerprint density at radius 2 is 2.27 bits per heavy atom. The zero-order valence-electron chi connectivity index (χ0n) is 8.31. The number of nitrogens with zero attached hydrogens (tertiary/aromatic N) is 1. The maximum Gasteiger partial charge on any atom is 0.232 e. The number of pyridine rings is 1. The summed E-state index contributed by atoms with van der Waals surface area (Å²) >= 11 is 0. The van der Waals surface area contributed by atoms with Crippen LogP contribution in [0.25, 0.3) is 0 Å². The lowest BCUT2D eigenvalue weighted by molar-refractivity contribution is 0.314. The molecule has 0 fully saturated rings. The smallest absolute Gasteiger partial charge is 0.232 e. The summed E-state index contributed by atoms with van der Waals surface area (Å²) in [5.41, 5.74) is 0.784. The predicted octanol–water partition coefficient (Wildman–Crippen LogP) is 1.73. The highest BCUT2D eigenvalue weighted by Gasteiger charge is 2.05. The number of aryl methyl sites for hydroxylation is 1. The van der Waals surface area contributed by atoms with Crippen molar-refractivity contribution < 1.29 is 13.2 Å². The third-order valence-corrected chi connectivity index (χ3v) is 2.99. The molecule has 6 heteroatoms. The maximum absolute atomic E-state index is 10.6. The number of rotatable bonds is 5. The van der Waals surface area contributed by atoms with E-state index in [9.17, 15) is 8.42 Å². The average Bonchev–Trinajstić information content (AvgIpc) is 2.13. The van der Waals surface area contributed by atoms with Crippen molar-refractivity contribution in [3.63, 3.8) is 0 Å². The summed E-state index contributed by atoms with van der Waals surface area (Å²) in [5, 5.41) is 0. The highest BCUT2D eigenvalue weighted by molar-refractivity contribution is 8.13. The van der Waals surface area contributed by atoms with Crippen LogP contribution in [-0.2, 0) is 9.05 Å². The van der Waals surface area contributed by atoms with Crippen LogP contribution in [0.4, 0.5) is 0 Å². The van der Waals surface area contributed by atoms with E-state index in [2.05, 4.69) is 4.98 Å². The van der Waals surface area contributed by atoms with Gasteiger partial charge in [0.25, 0.3) is 0 Å². The van der Waals surface area contributed by atoms with Crippen molar-refractivity contribution >= 4 is 19.7 Å². The molecule has 0 aliphatic heterocycles.